The SMILES string of the molecule is CNNC(=O)Cc1coc2ccccc12. The van der Waals surface area contributed by atoms with Crippen molar-refractivity contribution in [2.45, 2.75) is 6.42 Å². The molecule has 2 rings (SSSR count). The summed E-state index contributed by atoms with van der Waals surface area (Å²) in [5, 5.41) is 0.990. The number of carbonyl (C=O) groups is 1. The van der Waals surface area contributed by atoms with Crippen LogP contribution in [0.5, 0.6) is 0 Å². The first kappa shape index (κ1) is 9.73. The van der Waals surface area contributed by atoms with Crippen LogP contribution in [-0.4, -0.2) is 13.0 Å². The van der Waals surface area contributed by atoms with Gasteiger partial charge >= 0.3 is 0 Å². The second kappa shape index (κ2) is 4.14. The minimum atomic E-state index is -0.0796. The van der Waals surface area contributed by atoms with Crippen LogP contribution < -0.4 is 10.9 Å². The summed E-state index contributed by atoms with van der Waals surface area (Å²) < 4.78 is 5.33. The van der Waals surface area contributed by atoms with Crippen molar-refractivity contribution in [3.05, 3.63) is 36.1 Å². The summed E-state index contributed by atoms with van der Waals surface area (Å²) in [6.07, 6.45) is 1.94. The standard InChI is InChI=1S/C11H12N2O2/c1-12-13-11(14)6-8-7-15-10-5-3-2-4-9(8)10/h2-5,7,12H,6H2,1H3,(H,13,14). The fourth-order valence-electron chi connectivity index (χ4n) is 1.53. The topological polar surface area (TPSA) is 54.3 Å². The van der Waals surface area contributed by atoms with Crippen LogP contribution >= 0.6 is 0 Å². The van der Waals surface area contributed by atoms with Crippen LogP contribution in [0.4, 0.5) is 0 Å². The molecule has 1 amide bonds. The van der Waals surface area contributed by atoms with Crippen molar-refractivity contribution in [2.75, 3.05) is 7.05 Å². The summed E-state index contributed by atoms with van der Waals surface area (Å²) in [5.74, 6) is -0.0796. The number of hydrogen-bond donors (Lipinski definition) is 2. The highest BCUT2D eigenvalue weighted by atomic mass is 16.3. The number of furan rings is 1. The van der Waals surface area contributed by atoms with E-state index < -0.39 is 0 Å². The van der Waals surface area contributed by atoms with Gasteiger partial charge in [-0.25, -0.2) is 5.43 Å². The Morgan fingerprint density at radius 2 is 2.20 bits per heavy atom. The van der Waals surface area contributed by atoms with E-state index in [2.05, 4.69) is 10.9 Å². The summed E-state index contributed by atoms with van der Waals surface area (Å²) in [4.78, 5) is 11.3. The average molecular weight is 204 g/mol. The van der Waals surface area contributed by atoms with Crippen molar-refractivity contribution in [1.82, 2.24) is 10.9 Å². The normalized spacial score (nSPS) is 10.5. The number of benzene rings is 1. The molecule has 0 unspecified atom stereocenters. The molecule has 0 spiro atoms. The zero-order valence-corrected chi connectivity index (χ0v) is 8.41. The van der Waals surface area contributed by atoms with Crippen LogP contribution in [0.25, 0.3) is 11.0 Å². The Bertz CT molecular complexity index is 476. The maximum absolute atomic E-state index is 11.3. The third-order valence-corrected chi connectivity index (χ3v) is 2.18. The molecule has 0 fully saturated rings. The summed E-state index contributed by atoms with van der Waals surface area (Å²) in [5.41, 5.74) is 6.83. The Morgan fingerprint density at radius 3 is 3.00 bits per heavy atom. The van der Waals surface area contributed by atoms with Gasteiger partial charge < -0.3 is 4.42 Å². The van der Waals surface area contributed by atoms with E-state index in [9.17, 15) is 4.79 Å². The smallest absolute Gasteiger partial charge is 0.238 e. The highest BCUT2D eigenvalue weighted by molar-refractivity contribution is 5.87. The van der Waals surface area contributed by atoms with E-state index in [0.717, 1.165) is 16.5 Å². The number of hydrogen-bond acceptors (Lipinski definition) is 3. The predicted octanol–water partition coefficient (Wildman–Crippen LogP) is 1.23. The monoisotopic (exact) mass is 204 g/mol. The van der Waals surface area contributed by atoms with Gasteiger partial charge in [0.1, 0.15) is 5.58 Å². The first-order chi connectivity index (χ1) is 7.31. The van der Waals surface area contributed by atoms with Crippen molar-refractivity contribution >= 4 is 16.9 Å². The second-order valence-corrected chi connectivity index (χ2v) is 3.23. The molecule has 4 heteroatoms. The maximum Gasteiger partial charge on any atom is 0.238 e. The molecule has 15 heavy (non-hydrogen) atoms. The lowest BCUT2D eigenvalue weighted by atomic mass is 10.1. The lowest BCUT2D eigenvalue weighted by Crippen LogP contribution is -2.35. The van der Waals surface area contributed by atoms with Gasteiger partial charge in [0.15, 0.2) is 0 Å². The number of para-hydroxylation sites is 1. The molecule has 0 saturated heterocycles. The molecule has 1 aromatic carbocycles. The van der Waals surface area contributed by atoms with E-state index >= 15 is 0 Å². The van der Waals surface area contributed by atoms with E-state index in [-0.39, 0.29) is 5.91 Å². The van der Waals surface area contributed by atoms with E-state index in [0.29, 0.717) is 6.42 Å². The maximum atomic E-state index is 11.3. The van der Waals surface area contributed by atoms with Crippen LogP contribution in [0.1, 0.15) is 5.56 Å². The minimum Gasteiger partial charge on any atom is -0.464 e. The van der Waals surface area contributed by atoms with Gasteiger partial charge in [0.25, 0.3) is 0 Å². The number of carbonyl (C=O) groups excluding carboxylic acids is 1. The van der Waals surface area contributed by atoms with Gasteiger partial charge in [0, 0.05) is 18.0 Å². The van der Waals surface area contributed by atoms with Gasteiger partial charge in [0.05, 0.1) is 12.7 Å². The van der Waals surface area contributed by atoms with Crippen LogP contribution in [0.2, 0.25) is 0 Å². The van der Waals surface area contributed by atoms with Crippen molar-refractivity contribution in [3.63, 3.8) is 0 Å². The lowest BCUT2D eigenvalue weighted by Gasteiger charge is -2.00. The Morgan fingerprint density at radius 1 is 1.40 bits per heavy atom. The minimum absolute atomic E-state index is 0.0796. The Kier molecular flexibility index (Phi) is 2.69. The van der Waals surface area contributed by atoms with Crippen LogP contribution in [-0.2, 0) is 11.2 Å². The van der Waals surface area contributed by atoms with Gasteiger partial charge in [-0.15, -0.1) is 0 Å². The number of fused-ring (bicyclic) bond motifs is 1. The first-order valence-corrected chi connectivity index (χ1v) is 4.72. The van der Waals surface area contributed by atoms with Crippen molar-refractivity contribution in [3.8, 4) is 0 Å². The van der Waals surface area contributed by atoms with Crippen LogP contribution in [0.15, 0.2) is 34.9 Å². The number of amides is 1. The molecule has 2 aromatic rings. The Balaban J connectivity index is 2.25. The molecule has 0 aliphatic heterocycles. The Labute approximate surface area is 87.2 Å². The average Bonchev–Trinajstić information content (AvgIpc) is 2.62. The second-order valence-electron chi connectivity index (χ2n) is 3.23. The molecule has 1 aromatic heterocycles. The molecule has 0 atom stereocenters. The van der Waals surface area contributed by atoms with E-state index in [4.69, 9.17) is 4.42 Å². The quantitative estimate of drug-likeness (QED) is 0.739. The molecule has 2 N–H and O–H groups in total. The highest BCUT2D eigenvalue weighted by Gasteiger charge is 2.08. The Hall–Kier alpha value is -1.81. The molecular formula is C11H12N2O2. The van der Waals surface area contributed by atoms with E-state index in [1.807, 2.05) is 24.3 Å². The predicted molar refractivity (Wildman–Crippen MR) is 57.1 cm³/mol. The third kappa shape index (κ3) is 1.99. The van der Waals surface area contributed by atoms with Crippen LogP contribution in [0, 0.1) is 0 Å². The van der Waals surface area contributed by atoms with Crippen molar-refractivity contribution < 1.29 is 9.21 Å². The van der Waals surface area contributed by atoms with E-state index in [1.54, 1.807) is 13.3 Å². The number of rotatable bonds is 3. The molecule has 0 aliphatic rings. The largest absolute Gasteiger partial charge is 0.464 e. The molecule has 4 nitrogen and oxygen atoms in total. The molecule has 0 aliphatic carbocycles. The molecular weight excluding hydrogens is 192 g/mol. The fraction of sp³-hybridized carbons (Fsp3) is 0.182. The van der Waals surface area contributed by atoms with Crippen LogP contribution in [0.3, 0.4) is 0 Å². The zero-order chi connectivity index (χ0) is 10.7. The molecule has 78 valence electrons. The van der Waals surface area contributed by atoms with Gasteiger partial charge in [-0.2, -0.15) is 0 Å². The lowest BCUT2D eigenvalue weighted by molar-refractivity contribution is -0.121. The third-order valence-electron chi connectivity index (χ3n) is 2.18. The summed E-state index contributed by atoms with van der Waals surface area (Å²) in [6, 6.07) is 7.66. The van der Waals surface area contributed by atoms with Gasteiger partial charge in [-0.05, 0) is 6.07 Å². The highest BCUT2D eigenvalue weighted by Crippen LogP contribution is 2.20. The van der Waals surface area contributed by atoms with Gasteiger partial charge in [-0.1, -0.05) is 18.2 Å². The van der Waals surface area contributed by atoms with Crippen molar-refractivity contribution in [2.24, 2.45) is 0 Å². The number of nitrogens with one attached hydrogen (secondary N) is 2. The summed E-state index contributed by atoms with van der Waals surface area (Å²) in [6.45, 7) is 0. The van der Waals surface area contributed by atoms with E-state index in [1.165, 1.54) is 0 Å². The van der Waals surface area contributed by atoms with Crippen molar-refractivity contribution in [1.29, 1.82) is 0 Å². The fourth-order valence-corrected chi connectivity index (χ4v) is 1.53. The number of hydrazine groups is 1. The molecule has 1 heterocycles. The zero-order valence-electron chi connectivity index (χ0n) is 8.41. The summed E-state index contributed by atoms with van der Waals surface area (Å²) >= 11 is 0. The summed E-state index contributed by atoms with van der Waals surface area (Å²) in [7, 11) is 1.66. The van der Waals surface area contributed by atoms with Gasteiger partial charge in [0.2, 0.25) is 5.91 Å². The molecule has 0 radical (unpaired) electrons. The van der Waals surface area contributed by atoms with Gasteiger partial charge in [-0.3, -0.25) is 10.2 Å². The molecule has 0 saturated carbocycles. The first-order valence-electron chi connectivity index (χ1n) is 4.72. The molecule has 0 bridgehead atoms.